The number of methoxy groups -OCH3 is 1. The number of hydrogen-bond acceptors (Lipinski definition) is 4. The van der Waals surface area contributed by atoms with E-state index in [0.29, 0.717) is 11.6 Å². The van der Waals surface area contributed by atoms with Gasteiger partial charge in [-0.25, -0.2) is 4.79 Å². The number of hydrogen-bond donors (Lipinski definition) is 1. The van der Waals surface area contributed by atoms with E-state index in [9.17, 15) is 4.79 Å². The molecule has 5 heteroatoms. The van der Waals surface area contributed by atoms with Crippen LogP contribution in [0.5, 0.6) is 0 Å². The van der Waals surface area contributed by atoms with Gasteiger partial charge in [-0.3, -0.25) is 0 Å². The maximum Gasteiger partial charge on any atom is 0.337 e. The summed E-state index contributed by atoms with van der Waals surface area (Å²) in [4.78, 5) is 12.8. The van der Waals surface area contributed by atoms with Crippen LogP contribution in [0.1, 0.15) is 33.8 Å². The van der Waals surface area contributed by atoms with Gasteiger partial charge >= 0.3 is 5.97 Å². The van der Waals surface area contributed by atoms with E-state index in [-0.39, 0.29) is 5.97 Å². The Morgan fingerprint density at radius 2 is 2.25 bits per heavy atom. The Morgan fingerprint density at radius 3 is 2.85 bits per heavy atom. The highest BCUT2D eigenvalue weighted by Crippen LogP contribution is 2.22. The Balaban J connectivity index is 2.01. The molecule has 0 saturated heterocycles. The Morgan fingerprint density at radius 1 is 1.45 bits per heavy atom. The summed E-state index contributed by atoms with van der Waals surface area (Å²) in [5.41, 5.74) is 1.66. The fraction of sp³-hybridized carbons (Fsp3) is 0.267. The summed E-state index contributed by atoms with van der Waals surface area (Å²) in [6.45, 7) is 2.88. The van der Waals surface area contributed by atoms with Crippen molar-refractivity contribution in [2.45, 2.75) is 19.5 Å². The highest BCUT2D eigenvalue weighted by atomic mass is 79.9. The van der Waals surface area contributed by atoms with Crippen LogP contribution in [-0.2, 0) is 11.3 Å². The van der Waals surface area contributed by atoms with E-state index in [2.05, 4.69) is 45.7 Å². The van der Waals surface area contributed by atoms with Gasteiger partial charge in [-0.2, -0.15) is 0 Å². The van der Waals surface area contributed by atoms with Gasteiger partial charge < -0.3 is 10.1 Å². The maximum atomic E-state index is 11.4. The molecule has 0 saturated carbocycles. The van der Waals surface area contributed by atoms with Gasteiger partial charge in [-0.05, 0) is 36.1 Å². The molecule has 1 aromatic heterocycles. The Hall–Kier alpha value is -1.17. The molecule has 0 bridgehead atoms. The normalized spacial score (nSPS) is 12.2. The fourth-order valence-corrected chi connectivity index (χ4v) is 3.11. The van der Waals surface area contributed by atoms with Gasteiger partial charge in [0.1, 0.15) is 0 Å². The Bertz CT molecular complexity index is 584. The number of rotatable bonds is 5. The van der Waals surface area contributed by atoms with Crippen molar-refractivity contribution in [3.8, 4) is 0 Å². The van der Waals surface area contributed by atoms with Crippen LogP contribution >= 0.6 is 27.3 Å². The molecule has 106 valence electrons. The van der Waals surface area contributed by atoms with Crippen molar-refractivity contribution in [3.05, 3.63) is 56.2 Å². The second-order valence-electron chi connectivity index (χ2n) is 4.42. The van der Waals surface area contributed by atoms with E-state index in [1.165, 1.54) is 12.0 Å². The molecule has 2 aromatic rings. The van der Waals surface area contributed by atoms with E-state index in [1.54, 1.807) is 23.5 Å². The lowest BCUT2D eigenvalue weighted by atomic mass is 10.1. The minimum Gasteiger partial charge on any atom is -0.465 e. The smallest absolute Gasteiger partial charge is 0.337 e. The summed E-state index contributed by atoms with van der Waals surface area (Å²) in [6.07, 6.45) is 0. The first-order valence-electron chi connectivity index (χ1n) is 6.25. The molecule has 0 unspecified atom stereocenters. The molecule has 0 aliphatic carbocycles. The number of nitrogens with one attached hydrogen (secondary N) is 1. The van der Waals surface area contributed by atoms with Gasteiger partial charge in [0, 0.05) is 21.9 Å². The molecule has 1 heterocycles. The zero-order valence-corrected chi connectivity index (χ0v) is 13.8. The van der Waals surface area contributed by atoms with Crippen LogP contribution in [-0.4, -0.2) is 13.1 Å². The average Bonchev–Trinajstić information content (AvgIpc) is 2.99. The minimum absolute atomic E-state index is 0.308. The SMILES string of the molecule is COC(=O)c1ccc(CN[C@@H](C)c2cccs2)c(Br)c1. The van der Waals surface area contributed by atoms with Gasteiger partial charge in [-0.15, -0.1) is 11.3 Å². The van der Waals surface area contributed by atoms with Crippen LogP contribution in [0.2, 0.25) is 0 Å². The van der Waals surface area contributed by atoms with Crippen LogP contribution < -0.4 is 5.32 Å². The highest BCUT2D eigenvalue weighted by Gasteiger charge is 2.10. The summed E-state index contributed by atoms with van der Waals surface area (Å²) in [5, 5.41) is 5.55. The number of benzene rings is 1. The topological polar surface area (TPSA) is 38.3 Å². The van der Waals surface area contributed by atoms with Crippen molar-refractivity contribution in [1.82, 2.24) is 5.32 Å². The first-order valence-corrected chi connectivity index (χ1v) is 7.92. The summed E-state index contributed by atoms with van der Waals surface area (Å²) in [5.74, 6) is -0.322. The molecule has 1 N–H and O–H groups in total. The maximum absolute atomic E-state index is 11.4. The molecular weight excluding hydrogens is 338 g/mol. The lowest BCUT2D eigenvalue weighted by molar-refractivity contribution is 0.0600. The Kier molecular flexibility index (Phi) is 5.34. The molecule has 1 atom stereocenters. The monoisotopic (exact) mass is 353 g/mol. The molecular formula is C15H16BrNO2S. The van der Waals surface area contributed by atoms with E-state index >= 15 is 0 Å². The average molecular weight is 354 g/mol. The van der Waals surface area contributed by atoms with E-state index in [0.717, 1.165) is 16.6 Å². The van der Waals surface area contributed by atoms with E-state index in [1.807, 2.05) is 6.07 Å². The summed E-state index contributed by atoms with van der Waals surface area (Å²) >= 11 is 5.24. The number of ether oxygens (including phenoxy) is 1. The van der Waals surface area contributed by atoms with Gasteiger partial charge in [0.15, 0.2) is 0 Å². The molecule has 0 spiro atoms. The lowest BCUT2D eigenvalue weighted by Gasteiger charge is -2.13. The molecule has 1 aromatic carbocycles. The third-order valence-corrected chi connectivity index (χ3v) is 4.84. The van der Waals surface area contributed by atoms with Crippen molar-refractivity contribution in [3.63, 3.8) is 0 Å². The lowest BCUT2D eigenvalue weighted by Crippen LogP contribution is -2.17. The predicted octanol–water partition coefficient (Wildman–Crippen LogP) is 4.15. The molecule has 0 amide bonds. The summed E-state index contributed by atoms with van der Waals surface area (Å²) in [6, 6.07) is 9.99. The summed E-state index contributed by atoms with van der Waals surface area (Å²) in [7, 11) is 1.38. The molecule has 0 fully saturated rings. The van der Waals surface area contributed by atoms with Gasteiger partial charge in [0.25, 0.3) is 0 Å². The van der Waals surface area contributed by atoms with Gasteiger partial charge in [-0.1, -0.05) is 28.1 Å². The number of esters is 1. The third-order valence-electron chi connectivity index (χ3n) is 3.04. The van der Waals surface area contributed by atoms with Crippen LogP contribution in [0.4, 0.5) is 0 Å². The quantitative estimate of drug-likeness (QED) is 0.820. The van der Waals surface area contributed by atoms with Crippen LogP contribution in [0.25, 0.3) is 0 Å². The number of carbonyl (C=O) groups excluding carboxylic acids is 1. The Labute approximate surface area is 131 Å². The standard InChI is InChI=1S/C15H16BrNO2S/c1-10(14-4-3-7-20-14)17-9-12-6-5-11(8-13(12)16)15(18)19-2/h3-8,10,17H,9H2,1-2H3/t10-/m0/s1. The predicted molar refractivity (Wildman–Crippen MR) is 85.1 cm³/mol. The molecule has 0 aliphatic heterocycles. The van der Waals surface area contributed by atoms with E-state index in [4.69, 9.17) is 4.74 Å². The van der Waals surface area contributed by atoms with Crippen molar-refractivity contribution in [2.75, 3.05) is 7.11 Å². The molecule has 0 radical (unpaired) electrons. The number of thiophene rings is 1. The second-order valence-corrected chi connectivity index (χ2v) is 6.25. The first kappa shape index (κ1) is 15.2. The summed E-state index contributed by atoms with van der Waals surface area (Å²) < 4.78 is 5.61. The first-order chi connectivity index (χ1) is 9.61. The molecule has 0 aliphatic rings. The third kappa shape index (κ3) is 3.69. The molecule has 3 nitrogen and oxygen atoms in total. The van der Waals surface area contributed by atoms with Crippen molar-refractivity contribution >= 4 is 33.2 Å². The number of carbonyl (C=O) groups is 1. The zero-order valence-electron chi connectivity index (χ0n) is 11.4. The van der Waals surface area contributed by atoms with Crippen LogP contribution in [0.3, 0.4) is 0 Å². The largest absolute Gasteiger partial charge is 0.465 e. The van der Waals surface area contributed by atoms with Crippen LogP contribution in [0, 0.1) is 0 Å². The number of halogens is 1. The van der Waals surface area contributed by atoms with Gasteiger partial charge in [0.05, 0.1) is 12.7 Å². The van der Waals surface area contributed by atoms with Crippen LogP contribution in [0.15, 0.2) is 40.2 Å². The molecule has 2 rings (SSSR count). The zero-order chi connectivity index (χ0) is 14.5. The highest BCUT2D eigenvalue weighted by molar-refractivity contribution is 9.10. The van der Waals surface area contributed by atoms with Gasteiger partial charge in [0.2, 0.25) is 0 Å². The van der Waals surface area contributed by atoms with E-state index < -0.39 is 0 Å². The minimum atomic E-state index is -0.322. The molecule has 20 heavy (non-hydrogen) atoms. The second kappa shape index (κ2) is 7.02. The van der Waals surface area contributed by atoms with Crippen molar-refractivity contribution in [1.29, 1.82) is 0 Å². The van der Waals surface area contributed by atoms with Crippen molar-refractivity contribution < 1.29 is 9.53 Å². The fourth-order valence-electron chi connectivity index (χ4n) is 1.84. The van der Waals surface area contributed by atoms with Crippen molar-refractivity contribution in [2.24, 2.45) is 0 Å².